The van der Waals surface area contributed by atoms with Crippen LogP contribution in [0.4, 0.5) is 0 Å². The summed E-state index contributed by atoms with van der Waals surface area (Å²) >= 11 is 12.2. The maximum Gasteiger partial charge on any atom is 0.361 e. The number of hydrogen-bond acceptors (Lipinski definition) is 6. The van der Waals surface area contributed by atoms with E-state index >= 15 is 0 Å². The van der Waals surface area contributed by atoms with Crippen molar-refractivity contribution in [1.82, 2.24) is 19.9 Å². The van der Waals surface area contributed by atoms with Gasteiger partial charge in [0.1, 0.15) is 5.75 Å². The molecule has 0 radical (unpaired) electrons. The third-order valence-electron chi connectivity index (χ3n) is 5.77. The minimum atomic E-state index is -0.518. The van der Waals surface area contributed by atoms with E-state index in [-0.39, 0.29) is 12.3 Å². The summed E-state index contributed by atoms with van der Waals surface area (Å²) in [7, 11) is 1.63. The highest BCUT2D eigenvalue weighted by molar-refractivity contribution is 6.30. The molecular formula is C29H28Cl2N4O3. The molecule has 196 valence electrons. The first-order valence-electron chi connectivity index (χ1n) is 12.1. The van der Waals surface area contributed by atoms with Gasteiger partial charge in [-0.2, -0.15) is 0 Å². The van der Waals surface area contributed by atoms with Gasteiger partial charge in [0.15, 0.2) is 5.69 Å². The van der Waals surface area contributed by atoms with E-state index in [1.807, 2.05) is 85.1 Å². The van der Waals surface area contributed by atoms with Crippen LogP contribution < -0.4 is 4.74 Å². The Bertz CT molecular complexity index is 1320. The van der Waals surface area contributed by atoms with Crippen molar-refractivity contribution in [3.63, 3.8) is 0 Å². The highest BCUT2D eigenvalue weighted by Gasteiger charge is 2.20. The number of ether oxygens (including phenoxy) is 2. The first-order chi connectivity index (χ1) is 18.4. The summed E-state index contributed by atoms with van der Waals surface area (Å²) in [5, 5.41) is 9.77. The summed E-state index contributed by atoms with van der Waals surface area (Å²) in [5.41, 5.74) is 3.87. The van der Waals surface area contributed by atoms with Crippen molar-refractivity contribution in [3.8, 4) is 5.75 Å². The van der Waals surface area contributed by atoms with Gasteiger partial charge in [0.2, 0.25) is 0 Å². The van der Waals surface area contributed by atoms with Crippen LogP contribution >= 0.6 is 23.2 Å². The lowest BCUT2D eigenvalue weighted by atomic mass is 10.1. The molecule has 0 aliphatic rings. The van der Waals surface area contributed by atoms with Gasteiger partial charge in [0.25, 0.3) is 0 Å². The Morgan fingerprint density at radius 1 is 0.895 bits per heavy atom. The standard InChI is InChI=1S/C29H28Cl2N4O3/c1-3-38-29(36)28-27(35(33-32-28)20-23-8-14-26(37-2)15-9-23)16-17-34(18-21-4-10-24(30)11-5-21)19-22-6-12-25(31)13-7-22/h4-17H,3,18-20H2,1-2H3/b17-16+. The quantitative estimate of drug-likeness (QED) is 0.199. The van der Waals surface area contributed by atoms with E-state index in [4.69, 9.17) is 32.7 Å². The van der Waals surface area contributed by atoms with Crippen LogP contribution in [0.25, 0.3) is 6.08 Å². The Morgan fingerprint density at radius 2 is 1.45 bits per heavy atom. The van der Waals surface area contributed by atoms with Crippen molar-refractivity contribution < 1.29 is 14.3 Å². The molecule has 0 amide bonds. The Labute approximate surface area is 232 Å². The molecule has 9 heteroatoms. The summed E-state index contributed by atoms with van der Waals surface area (Å²) in [6, 6.07) is 23.1. The molecule has 1 aromatic heterocycles. The molecular weight excluding hydrogens is 523 g/mol. The van der Waals surface area contributed by atoms with Crippen molar-refractivity contribution in [1.29, 1.82) is 0 Å². The fourth-order valence-electron chi connectivity index (χ4n) is 3.84. The molecule has 0 atom stereocenters. The minimum absolute atomic E-state index is 0.162. The zero-order valence-electron chi connectivity index (χ0n) is 21.2. The molecule has 3 aromatic carbocycles. The average Bonchev–Trinajstić information content (AvgIpc) is 3.32. The second-order valence-corrected chi connectivity index (χ2v) is 9.40. The van der Waals surface area contributed by atoms with E-state index in [0.29, 0.717) is 35.4 Å². The van der Waals surface area contributed by atoms with Crippen LogP contribution in [0.2, 0.25) is 10.0 Å². The van der Waals surface area contributed by atoms with E-state index < -0.39 is 5.97 Å². The monoisotopic (exact) mass is 550 g/mol. The number of esters is 1. The maximum absolute atomic E-state index is 12.7. The molecule has 7 nitrogen and oxygen atoms in total. The molecule has 4 aromatic rings. The van der Waals surface area contributed by atoms with Gasteiger partial charge in [-0.3, -0.25) is 0 Å². The number of aromatic nitrogens is 3. The van der Waals surface area contributed by atoms with Gasteiger partial charge in [-0.1, -0.05) is 64.8 Å². The molecule has 1 heterocycles. The SMILES string of the molecule is CCOC(=O)c1nnn(Cc2ccc(OC)cc2)c1/C=C/N(Cc1ccc(Cl)cc1)Cc1ccc(Cl)cc1. The fraction of sp³-hybridized carbons (Fsp3) is 0.207. The molecule has 0 bridgehead atoms. The second kappa shape index (κ2) is 13.1. The highest BCUT2D eigenvalue weighted by atomic mass is 35.5. The van der Waals surface area contributed by atoms with Gasteiger partial charge in [-0.25, -0.2) is 9.48 Å². The predicted molar refractivity (Wildman–Crippen MR) is 149 cm³/mol. The van der Waals surface area contributed by atoms with Gasteiger partial charge < -0.3 is 14.4 Å². The second-order valence-electron chi connectivity index (χ2n) is 8.52. The van der Waals surface area contributed by atoms with E-state index in [0.717, 1.165) is 22.4 Å². The van der Waals surface area contributed by atoms with Crippen LogP contribution in [0.1, 0.15) is 39.8 Å². The Hall–Kier alpha value is -3.81. The van der Waals surface area contributed by atoms with Crippen LogP contribution in [0.15, 0.2) is 79.0 Å². The first kappa shape index (κ1) is 27.2. The number of halogens is 2. The van der Waals surface area contributed by atoms with E-state index in [2.05, 4.69) is 15.2 Å². The summed E-state index contributed by atoms with van der Waals surface area (Å²) in [6.07, 6.45) is 3.79. The molecule has 0 N–H and O–H groups in total. The number of benzene rings is 3. The number of hydrogen-bond donors (Lipinski definition) is 0. The number of carbonyl (C=O) groups is 1. The largest absolute Gasteiger partial charge is 0.497 e. The third-order valence-corrected chi connectivity index (χ3v) is 6.28. The minimum Gasteiger partial charge on any atom is -0.497 e. The maximum atomic E-state index is 12.7. The van der Waals surface area contributed by atoms with Crippen LogP contribution in [-0.4, -0.2) is 39.6 Å². The van der Waals surface area contributed by atoms with Gasteiger partial charge in [0, 0.05) is 29.3 Å². The molecule has 0 saturated heterocycles. The smallest absolute Gasteiger partial charge is 0.361 e. The van der Waals surface area contributed by atoms with E-state index in [1.165, 1.54) is 0 Å². The normalized spacial score (nSPS) is 11.1. The van der Waals surface area contributed by atoms with E-state index in [1.54, 1.807) is 18.7 Å². The lowest BCUT2D eigenvalue weighted by Gasteiger charge is -2.21. The van der Waals surface area contributed by atoms with Crippen molar-refractivity contribution in [2.45, 2.75) is 26.6 Å². The van der Waals surface area contributed by atoms with Gasteiger partial charge in [-0.05, 0) is 66.1 Å². The fourth-order valence-corrected chi connectivity index (χ4v) is 4.09. The Kier molecular flexibility index (Phi) is 9.40. The molecule has 0 aliphatic heterocycles. The van der Waals surface area contributed by atoms with Crippen molar-refractivity contribution in [3.05, 3.63) is 117 Å². The molecule has 4 rings (SSSR count). The van der Waals surface area contributed by atoms with Crippen molar-refractivity contribution in [2.24, 2.45) is 0 Å². The van der Waals surface area contributed by atoms with E-state index in [9.17, 15) is 4.79 Å². The number of rotatable bonds is 11. The summed E-state index contributed by atoms with van der Waals surface area (Å²) < 4.78 is 12.2. The van der Waals surface area contributed by atoms with Crippen LogP contribution in [0.3, 0.4) is 0 Å². The molecule has 0 saturated carbocycles. The average molecular weight is 551 g/mol. The topological polar surface area (TPSA) is 69.5 Å². The molecule has 0 spiro atoms. The predicted octanol–water partition coefficient (Wildman–Crippen LogP) is 6.49. The van der Waals surface area contributed by atoms with Gasteiger partial charge in [-0.15, -0.1) is 5.10 Å². The number of methoxy groups -OCH3 is 1. The van der Waals surface area contributed by atoms with Crippen LogP contribution in [-0.2, 0) is 24.4 Å². The van der Waals surface area contributed by atoms with Gasteiger partial charge in [0.05, 0.1) is 26.0 Å². The summed E-state index contributed by atoms with van der Waals surface area (Å²) in [6.45, 7) is 3.66. The lowest BCUT2D eigenvalue weighted by molar-refractivity contribution is 0.0519. The van der Waals surface area contributed by atoms with Crippen molar-refractivity contribution in [2.75, 3.05) is 13.7 Å². The third kappa shape index (κ3) is 7.37. The Balaban J connectivity index is 1.65. The highest BCUT2D eigenvalue weighted by Crippen LogP contribution is 2.19. The summed E-state index contributed by atoms with van der Waals surface area (Å²) in [4.78, 5) is 14.8. The number of nitrogens with zero attached hydrogens (tertiary/aromatic N) is 4. The molecule has 0 unspecified atom stereocenters. The van der Waals surface area contributed by atoms with Crippen LogP contribution in [0, 0.1) is 0 Å². The molecule has 0 aliphatic carbocycles. The zero-order chi connectivity index (χ0) is 26.9. The van der Waals surface area contributed by atoms with Gasteiger partial charge >= 0.3 is 5.97 Å². The lowest BCUT2D eigenvalue weighted by Crippen LogP contribution is -2.17. The first-order valence-corrected chi connectivity index (χ1v) is 12.9. The molecule has 0 fully saturated rings. The van der Waals surface area contributed by atoms with Crippen LogP contribution in [0.5, 0.6) is 5.75 Å². The number of carbonyl (C=O) groups excluding carboxylic acids is 1. The van der Waals surface area contributed by atoms with Crippen molar-refractivity contribution >= 4 is 35.2 Å². The Morgan fingerprint density at radius 3 is 1.97 bits per heavy atom. The zero-order valence-corrected chi connectivity index (χ0v) is 22.7. The summed E-state index contributed by atoms with van der Waals surface area (Å²) in [5.74, 6) is 0.245. The molecule has 38 heavy (non-hydrogen) atoms.